The van der Waals surface area contributed by atoms with Crippen molar-refractivity contribution in [2.24, 2.45) is 5.92 Å². The molecule has 5 nitrogen and oxygen atoms in total. The number of likely N-dealkylation sites (N-methyl/N-ethyl adjacent to an activating group) is 1. The zero-order chi connectivity index (χ0) is 13.1. The molecule has 2 fully saturated rings. The summed E-state index contributed by atoms with van der Waals surface area (Å²) in [4.78, 5) is 25.0. The molecule has 2 unspecified atom stereocenters. The van der Waals surface area contributed by atoms with Gasteiger partial charge in [-0.3, -0.25) is 14.5 Å². The fourth-order valence-corrected chi connectivity index (χ4v) is 2.81. The highest BCUT2D eigenvalue weighted by Crippen LogP contribution is 2.21. The molecule has 0 saturated carbocycles. The van der Waals surface area contributed by atoms with Crippen LogP contribution >= 0.6 is 0 Å². The lowest BCUT2D eigenvalue weighted by Gasteiger charge is -2.30. The lowest BCUT2D eigenvalue weighted by molar-refractivity contribution is -0.138. The number of likely N-dealkylation sites (tertiary alicyclic amines) is 1. The number of nitrogens with one attached hydrogen (secondary N) is 1. The van der Waals surface area contributed by atoms with E-state index in [4.69, 9.17) is 4.74 Å². The average molecular weight is 254 g/mol. The van der Waals surface area contributed by atoms with Gasteiger partial charge in [0.1, 0.15) is 0 Å². The van der Waals surface area contributed by atoms with Crippen molar-refractivity contribution in [2.75, 3.05) is 19.8 Å². The maximum absolute atomic E-state index is 12.0. The summed E-state index contributed by atoms with van der Waals surface area (Å²) in [6.07, 6.45) is 2.36. The molecule has 0 bridgehead atoms. The first-order chi connectivity index (χ1) is 8.63. The topological polar surface area (TPSA) is 58.6 Å². The van der Waals surface area contributed by atoms with Crippen LogP contribution in [0.2, 0.25) is 0 Å². The molecule has 18 heavy (non-hydrogen) atoms. The van der Waals surface area contributed by atoms with Crippen LogP contribution in [0.1, 0.15) is 33.1 Å². The van der Waals surface area contributed by atoms with E-state index >= 15 is 0 Å². The number of imide groups is 1. The Labute approximate surface area is 108 Å². The number of nitrogens with zero attached hydrogens (tertiary/aromatic N) is 1. The van der Waals surface area contributed by atoms with Crippen LogP contribution < -0.4 is 5.32 Å². The molecule has 2 amide bonds. The van der Waals surface area contributed by atoms with E-state index in [0.29, 0.717) is 18.9 Å². The van der Waals surface area contributed by atoms with Crippen LogP contribution in [-0.4, -0.2) is 48.6 Å². The third-order valence-electron chi connectivity index (χ3n) is 4.00. The van der Waals surface area contributed by atoms with Crippen molar-refractivity contribution in [3.8, 4) is 0 Å². The van der Waals surface area contributed by atoms with Crippen LogP contribution in [0.15, 0.2) is 0 Å². The summed E-state index contributed by atoms with van der Waals surface area (Å²) in [6.45, 7) is 6.01. The van der Waals surface area contributed by atoms with Crippen LogP contribution in [0.5, 0.6) is 0 Å². The van der Waals surface area contributed by atoms with Crippen LogP contribution in [0.3, 0.4) is 0 Å². The minimum absolute atomic E-state index is 0.0563. The van der Waals surface area contributed by atoms with Gasteiger partial charge in [0.05, 0.1) is 12.5 Å². The van der Waals surface area contributed by atoms with Gasteiger partial charge < -0.3 is 10.1 Å². The zero-order valence-corrected chi connectivity index (χ0v) is 11.1. The second kappa shape index (κ2) is 5.80. The Morgan fingerprint density at radius 1 is 1.39 bits per heavy atom. The fraction of sp³-hybridized carbons (Fsp3) is 0.846. The second-order valence-corrected chi connectivity index (χ2v) is 5.14. The molecule has 5 heteroatoms. The van der Waals surface area contributed by atoms with Crippen LogP contribution in [0.4, 0.5) is 0 Å². The molecule has 2 aliphatic heterocycles. The first-order valence-corrected chi connectivity index (χ1v) is 6.81. The molecule has 0 aliphatic carbocycles. The van der Waals surface area contributed by atoms with E-state index in [0.717, 1.165) is 26.1 Å². The van der Waals surface area contributed by atoms with Crippen molar-refractivity contribution < 1.29 is 14.3 Å². The molecule has 1 N–H and O–H groups in total. The Hall–Kier alpha value is -0.940. The van der Waals surface area contributed by atoms with Gasteiger partial charge in [-0.25, -0.2) is 0 Å². The average Bonchev–Trinajstić information content (AvgIpc) is 2.65. The van der Waals surface area contributed by atoms with Gasteiger partial charge in [0.2, 0.25) is 11.8 Å². The number of carbonyl (C=O) groups is 2. The zero-order valence-electron chi connectivity index (χ0n) is 11.1. The molecule has 102 valence electrons. The van der Waals surface area contributed by atoms with Gasteiger partial charge in [0.25, 0.3) is 0 Å². The van der Waals surface area contributed by atoms with E-state index in [1.807, 2.05) is 6.92 Å². The van der Waals surface area contributed by atoms with E-state index in [9.17, 15) is 9.59 Å². The monoisotopic (exact) mass is 254 g/mol. The molecule has 0 spiro atoms. The largest absolute Gasteiger partial charge is 0.381 e. The van der Waals surface area contributed by atoms with Gasteiger partial charge in [-0.2, -0.15) is 0 Å². The number of rotatable bonds is 4. The fourth-order valence-electron chi connectivity index (χ4n) is 2.81. The second-order valence-electron chi connectivity index (χ2n) is 5.14. The van der Waals surface area contributed by atoms with Gasteiger partial charge in [-0.1, -0.05) is 0 Å². The van der Waals surface area contributed by atoms with E-state index in [1.165, 1.54) is 4.90 Å². The van der Waals surface area contributed by atoms with Crippen LogP contribution in [0.25, 0.3) is 0 Å². The minimum atomic E-state index is -0.324. The Balaban J connectivity index is 1.89. The third-order valence-corrected chi connectivity index (χ3v) is 4.00. The number of carbonyl (C=O) groups excluding carboxylic acids is 2. The van der Waals surface area contributed by atoms with Crippen molar-refractivity contribution >= 4 is 11.8 Å². The molecular weight excluding hydrogens is 232 g/mol. The molecule has 2 rings (SSSR count). The molecule has 0 aromatic heterocycles. The molecule has 2 aliphatic rings. The molecule has 0 aromatic rings. The summed E-state index contributed by atoms with van der Waals surface area (Å²) in [5.74, 6) is 0.415. The SMILES string of the molecule is CCN1C(=O)CC(NC(C)C2CCOCC2)C1=O. The van der Waals surface area contributed by atoms with Crippen molar-refractivity contribution in [3.63, 3.8) is 0 Å². The number of hydrogen-bond acceptors (Lipinski definition) is 4. The Morgan fingerprint density at radius 3 is 2.61 bits per heavy atom. The molecule has 0 radical (unpaired) electrons. The molecule has 2 saturated heterocycles. The number of ether oxygens (including phenoxy) is 1. The van der Waals surface area contributed by atoms with Crippen molar-refractivity contribution in [3.05, 3.63) is 0 Å². The predicted octanol–water partition coefficient (Wildman–Crippen LogP) is 0.538. The lowest BCUT2D eigenvalue weighted by Crippen LogP contribution is -2.46. The summed E-state index contributed by atoms with van der Waals surface area (Å²) in [5, 5.41) is 3.33. The maximum atomic E-state index is 12.0. The Kier molecular flexibility index (Phi) is 4.35. The molecular formula is C13H22N2O3. The summed E-state index contributed by atoms with van der Waals surface area (Å²) < 4.78 is 5.34. The van der Waals surface area contributed by atoms with Crippen molar-refractivity contribution in [2.45, 2.75) is 45.2 Å². The van der Waals surface area contributed by atoms with E-state index in [2.05, 4.69) is 12.2 Å². The highest BCUT2D eigenvalue weighted by atomic mass is 16.5. The normalized spacial score (nSPS) is 27.9. The van der Waals surface area contributed by atoms with Gasteiger partial charge in [-0.15, -0.1) is 0 Å². The molecule has 2 heterocycles. The van der Waals surface area contributed by atoms with Crippen LogP contribution in [0, 0.1) is 5.92 Å². The van der Waals surface area contributed by atoms with Crippen molar-refractivity contribution in [1.82, 2.24) is 10.2 Å². The van der Waals surface area contributed by atoms with Gasteiger partial charge in [0, 0.05) is 25.8 Å². The Bertz CT molecular complexity index is 326. The van der Waals surface area contributed by atoms with Gasteiger partial charge in [0.15, 0.2) is 0 Å². The van der Waals surface area contributed by atoms with Crippen molar-refractivity contribution in [1.29, 1.82) is 0 Å². The maximum Gasteiger partial charge on any atom is 0.246 e. The van der Waals surface area contributed by atoms with Crippen LogP contribution in [-0.2, 0) is 14.3 Å². The summed E-state index contributed by atoms with van der Waals surface area (Å²) in [7, 11) is 0. The van der Waals surface area contributed by atoms with E-state index in [-0.39, 0.29) is 23.9 Å². The smallest absolute Gasteiger partial charge is 0.246 e. The molecule has 0 aromatic carbocycles. The van der Waals surface area contributed by atoms with E-state index < -0.39 is 0 Å². The van der Waals surface area contributed by atoms with Gasteiger partial charge >= 0.3 is 0 Å². The highest BCUT2D eigenvalue weighted by molar-refractivity contribution is 6.05. The number of amides is 2. The summed E-state index contributed by atoms with van der Waals surface area (Å²) >= 11 is 0. The number of hydrogen-bond donors (Lipinski definition) is 1. The summed E-state index contributed by atoms with van der Waals surface area (Å²) in [6, 6.07) is -0.0669. The first-order valence-electron chi connectivity index (χ1n) is 6.81. The first kappa shape index (κ1) is 13.5. The highest BCUT2D eigenvalue weighted by Gasteiger charge is 2.38. The minimum Gasteiger partial charge on any atom is -0.381 e. The van der Waals surface area contributed by atoms with E-state index in [1.54, 1.807) is 0 Å². The molecule has 2 atom stereocenters. The Morgan fingerprint density at radius 2 is 2.06 bits per heavy atom. The van der Waals surface area contributed by atoms with Gasteiger partial charge in [-0.05, 0) is 32.6 Å². The summed E-state index contributed by atoms with van der Waals surface area (Å²) in [5.41, 5.74) is 0. The predicted molar refractivity (Wildman–Crippen MR) is 66.9 cm³/mol. The lowest BCUT2D eigenvalue weighted by atomic mass is 9.92. The quantitative estimate of drug-likeness (QED) is 0.744. The third kappa shape index (κ3) is 2.72. The standard InChI is InChI=1S/C13H22N2O3/c1-3-15-12(16)8-11(13(15)17)14-9(2)10-4-6-18-7-5-10/h9-11,14H,3-8H2,1-2H3.